The van der Waals surface area contributed by atoms with Crippen molar-refractivity contribution < 1.29 is 31.2 Å². The van der Waals surface area contributed by atoms with Crippen molar-refractivity contribution in [2.75, 3.05) is 37.2 Å². The zero-order chi connectivity index (χ0) is 28.6. The third-order valence-corrected chi connectivity index (χ3v) is 8.61. The molecule has 3 amide bonds. The van der Waals surface area contributed by atoms with Gasteiger partial charge in [0.05, 0.1) is 18.0 Å². The number of amides is 3. The Balaban J connectivity index is 1.73. The zero-order valence-electron chi connectivity index (χ0n) is 22.2. The summed E-state index contributed by atoms with van der Waals surface area (Å²) in [5, 5.41) is 2.44. The molecule has 1 fully saturated rings. The quantitative estimate of drug-likeness (QED) is 0.430. The molecule has 1 heterocycles. The minimum atomic E-state index is -3.61. The fourth-order valence-electron chi connectivity index (χ4n) is 4.57. The largest absolute Gasteiger partial charge is 0.334 e. The van der Waals surface area contributed by atoms with Crippen molar-refractivity contribution >= 4 is 27.6 Å². The van der Waals surface area contributed by atoms with E-state index in [1.54, 1.807) is 24.0 Å². The number of hydrogen-bond donors (Lipinski definition) is 1. The number of rotatable bonds is 11. The summed E-state index contributed by atoms with van der Waals surface area (Å²) < 4.78 is 67.4. The van der Waals surface area contributed by atoms with Crippen molar-refractivity contribution in [2.24, 2.45) is 0 Å². The van der Waals surface area contributed by atoms with Gasteiger partial charge in [0.1, 0.15) is 17.5 Å². The van der Waals surface area contributed by atoms with Gasteiger partial charge in [-0.2, -0.15) is 4.31 Å². The Morgan fingerprint density at radius 1 is 0.974 bits per heavy atom. The van der Waals surface area contributed by atoms with Gasteiger partial charge in [-0.25, -0.2) is 26.4 Å². The summed E-state index contributed by atoms with van der Waals surface area (Å²) >= 11 is 0. The maximum absolute atomic E-state index is 14.0. The van der Waals surface area contributed by atoms with E-state index in [1.165, 1.54) is 21.3 Å². The number of hydrogen-bond acceptors (Lipinski definition) is 4. The molecule has 39 heavy (non-hydrogen) atoms. The molecule has 1 aliphatic heterocycles. The van der Waals surface area contributed by atoms with Crippen LogP contribution >= 0.6 is 0 Å². The van der Waals surface area contributed by atoms with E-state index in [-0.39, 0.29) is 56.1 Å². The predicted octanol–water partition coefficient (Wildman–Crippen LogP) is 4.58. The molecular formula is C27H35F3N4O4S. The van der Waals surface area contributed by atoms with Crippen LogP contribution in [0.15, 0.2) is 42.5 Å². The third-order valence-electron chi connectivity index (χ3n) is 6.59. The smallest absolute Gasteiger partial charge is 0.321 e. The van der Waals surface area contributed by atoms with Crippen LogP contribution in [0.4, 0.5) is 23.7 Å². The molecule has 3 rings (SSSR count). The molecule has 1 aliphatic rings. The van der Waals surface area contributed by atoms with Gasteiger partial charge in [0.2, 0.25) is 15.9 Å². The van der Waals surface area contributed by atoms with E-state index in [9.17, 15) is 31.2 Å². The van der Waals surface area contributed by atoms with Crippen molar-refractivity contribution in [2.45, 2.75) is 52.1 Å². The Bertz CT molecular complexity index is 1240. The molecule has 0 aromatic heterocycles. The highest BCUT2D eigenvalue weighted by atomic mass is 32.2. The average molecular weight is 569 g/mol. The van der Waals surface area contributed by atoms with Gasteiger partial charge in [0, 0.05) is 38.3 Å². The first-order valence-corrected chi connectivity index (χ1v) is 14.7. The molecule has 0 spiro atoms. The molecule has 2 aromatic rings. The van der Waals surface area contributed by atoms with Gasteiger partial charge in [-0.15, -0.1) is 0 Å². The zero-order valence-corrected chi connectivity index (χ0v) is 23.0. The van der Waals surface area contributed by atoms with Crippen LogP contribution in [0.1, 0.15) is 45.1 Å². The molecule has 214 valence electrons. The first-order valence-electron chi connectivity index (χ1n) is 13.1. The lowest BCUT2D eigenvalue weighted by atomic mass is 10.0. The standard InChI is InChI=1S/C27H35F3N4O4S/c1-3-13-33(39(37,38)16-4-2)19-26(35)34(18-20-5-7-21(28)8-6-20)23-11-14-32(15-12-23)27(36)31-25-10-9-22(29)17-24(25)30/h5-10,17,23H,3-4,11-16,18-19H2,1-2H3,(H,31,36). The molecule has 0 unspecified atom stereocenters. The number of benzene rings is 2. The monoisotopic (exact) mass is 568 g/mol. The summed E-state index contributed by atoms with van der Waals surface area (Å²) in [6.07, 6.45) is 1.79. The second kappa shape index (κ2) is 13.8. The maximum atomic E-state index is 14.0. The number of nitrogens with zero attached hydrogens (tertiary/aromatic N) is 3. The van der Waals surface area contributed by atoms with Gasteiger partial charge in [-0.1, -0.05) is 26.0 Å². The Labute approximate surface area is 227 Å². The van der Waals surface area contributed by atoms with Gasteiger partial charge in [-0.05, 0) is 55.5 Å². The van der Waals surface area contributed by atoms with Crippen LogP contribution in [-0.2, 0) is 21.4 Å². The molecule has 0 aliphatic carbocycles. The van der Waals surface area contributed by atoms with Crippen molar-refractivity contribution in [1.29, 1.82) is 0 Å². The predicted molar refractivity (Wildman–Crippen MR) is 143 cm³/mol. The number of likely N-dealkylation sites (tertiary alicyclic amines) is 1. The Morgan fingerprint density at radius 2 is 1.62 bits per heavy atom. The number of piperidine rings is 1. The Kier molecular flexibility index (Phi) is 10.8. The minimum Gasteiger partial charge on any atom is -0.334 e. The van der Waals surface area contributed by atoms with Gasteiger partial charge >= 0.3 is 6.03 Å². The lowest BCUT2D eigenvalue weighted by Crippen LogP contribution is -2.52. The molecular weight excluding hydrogens is 533 g/mol. The van der Waals surface area contributed by atoms with E-state index in [0.717, 1.165) is 12.1 Å². The summed E-state index contributed by atoms with van der Waals surface area (Å²) in [5.41, 5.74) is 0.552. The molecule has 1 saturated heterocycles. The lowest BCUT2D eigenvalue weighted by Gasteiger charge is -2.39. The van der Waals surface area contributed by atoms with Gasteiger partial charge in [0.25, 0.3) is 0 Å². The maximum Gasteiger partial charge on any atom is 0.321 e. The first-order chi connectivity index (χ1) is 18.5. The minimum absolute atomic E-state index is 0.0552. The molecule has 1 N–H and O–H groups in total. The Morgan fingerprint density at radius 3 is 2.21 bits per heavy atom. The highest BCUT2D eigenvalue weighted by Gasteiger charge is 2.32. The van der Waals surface area contributed by atoms with Crippen LogP contribution in [-0.4, -0.2) is 72.4 Å². The lowest BCUT2D eigenvalue weighted by molar-refractivity contribution is -0.135. The third kappa shape index (κ3) is 8.43. The van der Waals surface area contributed by atoms with Crippen molar-refractivity contribution in [1.82, 2.24) is 14.1 Å². The number of sulfonamides is 1. The summed E-state index contributed by atoms with van der Waals surface area (Å²) in [4.78, 5) is 29.3. The number of carbonyl (C=O) groups excluding carboxylic acids is 2. The van der Waals surface area contributed by atoms with E-state index in [1.807, 2.05) is 6.92 Å². The molecule has 2 aromatic carbocycles. The summed E-state index contributed by atoms with van der Waals surface area (Å²) in [5.74, 6) is -2.47. The van der Waals surface area contributed by atoms with Crippen LogP contribution in [0.3, 0.4) is 0 Å². The van der Waals surface area contributed by atoms with Gasteiger partial charge in [0.15, 0.2) is 0 Å². The average Bonchev–Trinajstić information content (AvgIpc) is 2.89. The fraction of sp³-hybridized carbons (Fsp3) is 0.481. The van der Waals surface area contributed by atoms with E-state index in [4.69, 9.17) is 0 Å². The number of halogens is 3. The second-order valence-corrected chi connectivity index (χ2v) is 11.7. The van der Waals surface area contributed by atoms with Crippen molar-refractivity contribution in [3.63, 3.8) is 0 Å². The number of carbonyl (C=O) groups is 2. The molecule has 0 atom stereocenters. The van der Waals surface area contributed by atoms with Crippen LogP contribution in [0.2, 0.25) is 0 Å². The highest BCUT2D eigenvalue weighted by molar-refractivity contribution is 7.89. The SMILES string of the molecule is CCCN(CC(=O)N(Cc1ccc(F)cc1)C1CCN(C(=O)Nc2ccc(F)cc2F)CC1)S(=O)(=O)CCC. The normalized spacial score (nSPS) is 14.5. The topological polar surface area (TPSA) is 90.0 Å². The van der Waals surface area contributed by atoms with Crippen LogP contribution in [0, 0.1) is 17.5 Å². The van der Waals surface area contributed by atoms with Crippen LogP contribution < -0.4 is 5.32 Å². The first kappa shape index (κ1) is 30.4. The van der Waals surface area contributed by atoms with Gasteiger partial charge in [-0.3, -0.25) is 4.79 Å². The van der Waals surface area contributed by atoms with E-state index < -0.39 is 33.5 Å². The van der Waals surface area contributed by atoms with E-state index in [2.05, 4.69) is 5.32 Å². The second-order valence-electron chi connectivity index (χ2n) is 9.57. The number of urea groups is 1. The summed E-state index contributed by atoms with van der Waals surface area (Å²) in [7, 11) is -3.61. The fourth-order valence-corrected chi connectivity index (χ4v) is 6.11. The van der Waals surface area contributed by atoms with Crippen LogP contribution in [0.25, 0.3) is 0 Å². The van der Waals surface area contributed by atoms with Crippen LogP contribution in [0.5, 0.6) is 0 Å². The summed E-state index contributed by atoms with van der Waals surface area (Å²) in [6, 6.07) is 7.79. The highest BCUT2D eigenvalue weighted by Crippen LogP contribution is 2.22. The Hall–Kier alpha value is -3.12. The van der Waals surface area contributed by atoms with E-state index >= 15 is 0 Å². The molecule has 0 saturated carbocycles. The number of anilines is 1. The molecule has 12 heteroatoms. The number of nitrogens with one attached hydrogen (secondary N) is 1. The molecule has 0 bridgehead atoms. The molecule has 0 radical (unpaired) electrons. The van der Waals surface area contributed by atoms with Crippen molar-refractivity contribution in [3.8, 4) is 0 Å². The summed E-state index contributed by atoms with van der Waals surface area (Å²) in [6.45, 7) is 4.20. The van der Waals surface area contributed by atoms with E-state index in [0.29, 0.717) is 37.3 Å². The van der Waals surface area contributed by atoms with Gasteiger partial charge < -0.3 is 15.1 Å². The van der Waals surface area contributed by atoms with Crippen molar-refractivity contribution in [3.05, 3.63) is 65.5 Å². The molecule has 8 nitrogen and oxygen atoms in total.